The SMILES string of the molecule is CCNC(=NCc1cc(OC)ccc1OC(F)F)NCc1cc(C(CC)CC)no1.I. The summed E-state index contributed by atoms with van der Waals surface area (Å²) in [6.07, 6.45) is 2.01. The van der Waals surface area contributed by atoms with Gasteiger partial charge in [-0.25, -0.2) is 4.99 Å². The number of halogens is 3. The zero-order valence-electron chi connectivity index (χ0n) is 18.3. The van der Waals surface area contributed by atoms with Gasteiger partial charge in [0.2, 0.25) is 0 Å². The van der Waals surface area contributed by atoms with Crippen LogP contribution in [-0.2, 0) is 13.1 Å². The van der Waals surface area contributed by atoms with Crippen LogP contribution in [0.15, 0.2) is 33.8 Å². The molecule has 0 amide bonds. The molecule has 1 aromatic heterocycles. The molecular formula is C21H31F2IN4O3. The zero-order chi connectivity index (χ0) is 21.9. The second kappa shape index (κ2) is 14.0. The molecule has 2 N–H and O–H groups in total. The monoisotopic (exact) mass is 552 g/mol. The maximum Gasteiger partial charge on any atom is 0.387 e. The fourth-order valence-electron chi connectivity index (χ4n) is 3.01. The average molecular weight is 552 g/mol. The van der Waals surface area contributed by atoms with E-state index in [0.717, 1.165) is 18.5 Å². The predicted octanol–water partition coefficient (Wildman–Crippen LogP) is 5.06. The average Bonchev–Trinajstić information content (AvgIpc) is 3.20. The summed E-state index contributed by atoms with van der Waals surface area (Å²) in [5.74, 6) is 2.20. The predicted molar refractivity (Wildman–Crippen MR) is 127 cm³/mol. The molecule has 0 spiro atoms. The quantitative estimate of drug-likeness (QED) is 0.231. The van der Waals surface area contributed by atoms with Crippen molar-refractivity contribution in [1.82, 2.24) is 15.8 Å². The van der Waals surface area contributed by atoms with Gasteiger partial charge in [-0.15, -0.1) is 24.0 Å². The fraction of sp³-hybridized carbons (Fsp3) is 0.524. The number of ether oxygens (including phenoxy) is 2. The van der Waals surface area contributed by atoms with E-state index in [1.807, 2.05) is 13.0 Å². The van der Waals surface area contributed by atoms with E-state index < -0.39 is 6.61 Å². The molecule has 0 fully saturated rings. The number of guanidine groups is 1. The maximum atomic E-state index is 12.7. The molecule has 0 aliphatic carbocycles. The molecule has 10 heteroatoms. The van der Waals surface area contributed by atoms with Gasteiger partial charge in [-0.1, -0.05) is 19.0 Å². The van der Waals surface area contributed by atoms with Crippen LogP contribution in [0.25, 0.3) is 0 Å². The van der Waals surface area contributed by atoms with Gasteiger partial charge >= 0.3 is 6.61 Å². The molecule has 0 atom stereocenters. The van der Waals surface area contributed by atoms with Crippen molar-refractivity contribution in [2.24, 2.45) is 4.99 Å². The number of rotatable bonds is 11. The largest absolute Gasteiger partial charge is 0.497 e. The molecule has 0 saturated carbocycles. The van der Waals surface area contributed by atoms with Crippen LogP contribution in [-0.4, -0.2) is 31.4 Å². The van der Waals surface area contributed by atoms with Crippen molar-refractivity contribution in [3.63, 3.8) is 0 Å². The lowest BCUT2D eigenvalue weighted by molar-refractivity contribution is -0.0504. The van der Waals surface area contributed by atoms with E-state index in [1.54, 1.807) is 12.1 Å². The Bertz CT molecular complexity index is 814. The molecule has 7 nitrogen and oxygen atoms in total. The summed E-state index contributed by atoms with van der Waals surface area (Å²) < 4.78 is 40.6. The maximum absolute atomic E-state index is 12.7. The molecule has 0 aliphatic rings. The minimum absolute atomic E-state index is 0. The summed E-state index contributed by atoms with van der Waals surface area (Å²) >= 11 is 0. The second-order valence-corrected chi connectivity index (χ2v) is 6.63. The van der Waals surface area contributed by atoms with Gasteiger partial charge in [0.05, 0.1) is 25.9 Å². The normalized spacial score (nSPS) is 11.4. The summed E-state index contributed by atoms with van der Waals surface area (Å²) in [5, 5.41) is 10.4. The highest BCUT2D eigenvalue weighted by Gasteiger charge is 2.14. The number of aromatic nitrogens is 1. The number of nitrogens with zero attached hydrogens (tertiary/aromatic N) is 2. The standard InChI is InChI=1S/C21H30F2N4O3.HI/c1-5-14(6-2)18-11-17(30-27-18)13-26-21(24-7-3)25-12-15-10-16(28-4)8-9-19(15)29-20(22)23;/h8-11,14,20H,5-7,12-13H2,1-4H3,(H2,24,25,26);1H. The number of hydrogen-bond donors (Lipinski definition) is 2. The van der Waals surface area contributed by atoms with Gasteiger partial charge in [0.15, 0.2) is 11.7 Å². The molecule has 31 heavy (non-hydrogen) atoms. The lowest BCUT2D eigenvalue weighted by Gasteiger charge is -2.13. The molecule has 1 aromatic carbocycles. The summed E-state index contributed by atoms with van der Waals surface area (Å²) in [4.78, 5) is 4.47. The van der Waals surface area contributed by atoms with Gasteiger partial charge in [-0.2, -0.15) is 8.78 Å². The highest BCUT2D eigenvalue weighted by atomic mass is 127. The van der Waals surface area contributed by atoms with Crippen LogP contribution in [0.2, 0.25) is 0 Å². The Morgan fingerprint density at radius 1 is 1.16 bits per heavy atom. The van der Waals surface area contributed by atoms with Crippen LogP contribution in [0.5, 0.6) is 11.5 Å². The number of hydrogen-bond acceptors (Lipinski definition) is 5. The van der Waals surface area contributed by atoms with Gasteiger partial charge in [-0.05, 0) is 38.0 Å². The zero-order valence-corrected chi connectivity index (χ0v) is 20.6. The van der Waals surface area contributed by atoms with Crippen molar-refractivity contribution in [2.75, 3.05) is 13.7 Å². The first-order chi connectivity index (χ1) is 14.5. The van der Waals surface area contributed by atoms with E-state index in [4.69, 9.17) is 9.26 Å². The van der Waals surface area contributed by atoms with Crippen LogP contribution in [0.4, 0.5) is 8.78 Å². The van der Waals surface area contributed by atoms with E-state index in [9.17, 15) is 8.78 Å². The third-order valence-electron chi connectivity index (χ3n) is 4.65. The first-order valence-corrected chi connectivity index (χ1v) is 10.1. The third kappa shape index (κ3) is 8.50. The van der Waals surface area contributed by atoms with Gasteiger partial charge in [0.25, 0.3) is 0 Å². The highest BCUT2D eigenvalue weighted by molar-refractivity contribution is 14.0. The summed E-state index contributed by atoms with van der Waals surface area (Å²) in [6.45, 7) is 4.44. The Kier molecular flexibility index (Phi) is 12.2. The highest BCUT2D eigenvalue weighted by Crippen LogP contribution is 2.26. The first-order valence-electron chi connectivity index (χ1n) is 10.1. The number of aliphatic imine (C=N–C) groups is 1. The van der Waals surface area contributed by atoms with E-state index in [-0.39, 0.29) is 36.3 Å². The fourth-order valence-corrected chi connectivity index (χ4v) is 3.01. The van der Waals surface area contributed by atoms with Crippen molar-refractivity contribution in [2.45, 2.75) is 59.2 Å². The molecule has 2 aromatic rings. The first kappa shape index (κ1) is 26.9. The van der Waals surface area contributed by atoms with Gasteiger partial charge in [0.1, 0.15) is 11.5 Å². The molecule has 0 radical (unpaired) electrons. The molecule has 2 rings (SSSR count). The van der Waals surface area contributed by atoms with Gasteiger partial charge in [0, 0.05) is 24.1 Å². The minimum Gasteiger partial charge on any atom is -0.497 e. The van der Waals surface area contributed by atoms with Gasteiger partial charge in [-0.3, -0.25) is 0 Å². The van der Waals surface area contributed by atoms with Crippen molar-refractivity contribution < 1.29 is 22.8 Å². The van der Waals surface area contributed by atoms with E-state index in [1.165, 1.54) is 13.2 Å². The minimum atomic E-state index is -2.91. The van der Waals surface area contributed by atoms with Crippen LogP contribution >= 0.6 is 24.0 Å². The number of alkyl halides is 2. The van der Waals surface area contributed by atoms with Crippen molar-refractivity contribution in [1.29, 1.82) is 0 Å². The molecule has 174 valence electrons. The van der Waals surface area contributed by atoms with E-state index in [0.29, 0.717) is 42.0 Å². The van der Waals surface area contributed by atoms with Crippen molar-refractivity contribution in [3.05, 3.63) is 41.3 Å². The molecule has 0 unspecified atom stereocenters. The third-order valence-corrected chi connectivity index (χ3v) is 4.65. The van der Waals surface area contributed by atoms with E-state index >= 15 is 0 Å². The van der Waals surface area contributed by atoms with E-state index in [2.05, 4.69) is 39.4 Å². The van der Waals surface area contributed by atoms with Crippen LogP contribution < -0.4 is 20.1 Å². The molecule has 1 heterocycles. The lowest BCUT2D eigenvalue weighted by Crippen LogP contribution is -2.36. The smallest absolute Gasteiger partial charge is 0.387 e. The molecular weight excluding hydrogens is 521 g/mol. The molecule has 0 aliphatic heterocycles. The topological polar surface area (TPSA) is 80.9 Å². The summed E-state index contributed by atoms with van der Waals surface area (Å²) in [5.41, 5.74) is 1.44. The Morgan fingerprint density at radius 3 is 2.52 bits per heavy atom. The summed E-state index contributed by atoms with van der Waals surface area (Å²) in [7, 11) is 1.51. The summed E-state index contributed by atoms with van der Waals surface area (Å²) in [6, 6.07) is 6.59. The van der Waals surface area contributed by atoms with Crippen LogP contribution in [0.3, 0.4) is 0 Å². The van der Waals surface area contributed by atoms with Crippen molar-refractivity contribution >= 4 is 29.9 Å². The van der Waals surface area contributed by atoms with Crippen LogP contribution in [0, 0.1) is 0 Å². The molecule has 0 bridgehead atoms. The Labute approximate surface area is 199 Å². The second-order valence-electron chi connectivity index (χ2n) is 6.63. The lowest BCUT2D eigenvalue weighted by atomic mass is 9.99. The van der Waals surface area contributed by atoms with Crippen molar-refractivity contribution in [3.8, 4) is 11.5 Å². The Hall–Kier alpha value is -2.11. The Morgan fingerprint density at radius 2 is 1.90 bits per heavy atom. The Balaban J connectivity index is 0.00000480. The molecule has 0 saturated heterocycles. The van der Waals surface area contributed by atoms with Gasteiger partial charge < -0.3 is 24.6 Å². The number of benzene rings is 1. The number of nitrogens with one attached hydrogen (secondary N) is 2. The van der Waals surface area contributed by atoms with Crippen LogP contribution in [0.1, 0.15) is 56.5 Å². The number of methoxy groups -OCH3 is 1.